The van der Waals surface area contributed by atoms with Gasteiger partial charge in [0, 0.05) is 13.6 Å². The summed E-state index contributed by atoms with van der Waals surface area (Å²) >= 11 is 4.93. The van der Waals surface area contributed by atoms with Crippen molar-refractivity contribution < 1.29 is 5.11 Å². The van der Waals surface area contributed by atoms with Crippen molar-refractivity contribution in [3.8, 4) is 5.88 Å². The van der Waals surface area contributed by atoms with Crippen molar-refractivity contribution in [3.63, 3.8) is 0 Å². The van der Waals surface area contributed by atoms with Gasteiger partial charge < -0.3 is 5.11 Å². The van der Waals surface area contributed by atoms with E-state index in [-0.39, 0.29) is 11.4 Å². The van der Waals surface area contributed by atoms with Gasteiger partial charge in [0.05, 0.1) is 6.07 Å². The van der Waals surface area contributed by atoms with Gasteiger partial charge in [-0.2, -0.15) is 0 Å². The van der Waals surface area contributed by atoms with Crippen LogP contribution in [0.2, 0.25) is 0 Å². The molecule has 0 radical (unpaired) electrons. The van der Waals surface area contributed by atoms with Gasteiger partial charge in [-0.05, 0) is 19.1 Å². The summed E-state index contributed by atoms with van der Waals surface area (Å²) in [6.45, 7) is 2.35. The number of hydrogen-bond acceptors (Lipinski definition) is 3. The van der Waals surface area contributed by atoms with E-state index in [1.165, 1.54) is 9.13 Å². The van der Waals surface area contributed by atoms with Gasteiger partial charge in [0.1, 0.15) is 0 Å². The Morgan fingerprint density at radius 2 is 2.25 bits per heavy atom. The Labute approximate surface area is 74.7 Å². The van der Waals surface area contributed by atoms with Crippen molar-refractivity contribution in [1.82, 2.24) is 9.13 Å². The van der Waals surface area contributed by atoms with Crippen LogP contribution in [0.1, 0.15) is 6.92 Å². The molecule has 1 aromatic rings. The number of aromatic hydroxyl groups is 1. The highest BCUT2D eigenvalue weighted by atomic mass is 32.1. The lowest BCUT2D eigenvalue weighted by molar-refractivity contribution is 0.413. The lowest BCUT2D eigenvalue weighted by Gasteiger charge is -2.07. The van der Waals surface area contributed by atoms with Crippen LogP contribution in [-0.2, 0) is 13.6 Å². The third-order valence-corrected chi connectivity index (χ3v) is 2.19. The van der Waals surface area contributed by atoms with Crippen LogP contribution in [0.5, 0.6) is 5.88 Å². The van der Waals surface area contributed by atoms with E-state index in [0.29, 0.717) is 11.3 Å². The molecule has 1 aromatic heterocycles. The fourth-order valence-electron chi connectivity index (χ4n) is 0.950. The van der Waals surface area contributed by atoms with Gasteiger partial charge in [-0.3, -0.25) is 13.9 Å². The van der Waals surface area contributed by atoms with Gasteiger partial charge in [0.25, 0.3) is 5.56 Å². The molecule has 0 spiro atoms. The molecule has 0 aliphatic rings. The minimum Gasteiger partial charge on any atom is -0.494 e. The highest BCUT2D eigenvalue weighted by Gasteiger charge is 2.01. The fraction of sp³-hybridized carbons (Fsp3) is 0.429. The van der Waals surface area contributed by atoms with E-state index in [4.69, 9.17) is 12.2 Å². The van der Waals surface area contributed by atoms with Gasteiger partial charge >= 0.3 is 0 Å². The maximum Gasteiger partial charge on any atom is 0.258 e. The molecule has 0 aliphatic carbocycles. The summed E-state index contributed by atoms with van der Waals surface area (Å²) in [6.07, 6.45) is 0. The molecular formula is C7H10N2O2S. The molecule has 0 aromatic carbocycles. The Morgan fingerprint density at radius 1 is 1.67 bits per heavy atom. The van der Waals surface area contributed by atoms with E-state index in [2.05, 4.69) is 0 Å². The molecule has 66 valence electrons. The van der Waals surface area contributed by atoms with Crippen LogP contribution in [0.15, 0.2) is 10.9 Å². The first-order valence-electron chi connectivity index (χ1n) is 3.57. The molecule has 1 N–H and O–H groups in total. The lowest BCUT2D eigenvalue weighted by Crippen LogP contribution is -2.22. The summed E-state index contributed by atoms with van der Waals surface area (Å²) in [4.78, 5) is 11.2. The van der Waals surface area contributed by atoms with Crippen molar-refractivity contribution in [1.29, 1.82) is 0 Å². The fourth-order valence-corrected chi connectivity index (χ4v) is 1.26. The van der Waals surface area contributed by atoms with E-state index in [1.54, 1.807) is 7.05 Å². The number of hydrogen-bond donors (Lipinski definition) is 1. The largest absolute Gasteiger partial charge is 0.494 e. The maximum atomic E-state index is 11.2. The molecule has 0 atom stereocenters. The average Bonchev–Trinajstić information content (AvgIpc) is 2.01. The summed E-state index contributed by atoms with van der Waals surface area (Å²) in [5.74, 6) is -0.102. The van der Waals surface area contributed by atoms with Crippen molar-refractivity contribution in [2.45, 2.75) is 13.5 Å². The Balaban J connectivity index is 3.64. The van der Waals surface area contributed by atoms with Crippen LogP contribution < -0.4 is 5.56 Å². The molecule has 0 saturated heterocycles. The first-order chi connectivity index (χ1) is 5.57. The molecule has 0 bridgehead atoms. The average molecular weight is 186 g/mol. The predicted octanol–water partition coefficient (Wildman–Crippen LogP) is 0.642. The monoisotopic (exact) mass is 186 g/mol. The van der Waals surface area contributed by atoms with Gasteiger partial charge in [-0.15, -0.1) is 0 Å². The standard InChI is InChI=1S/C7H10N2O2S/c1-3-9-6(11)4-5(10)8(2)7(9)12/h4,10H,3H2,1-2H3. The first kappa shape index (κ1) is 8.99. The molecule has 1 rings (SSSR count). The molecule has 0 amide bonds. The zero-order valence-corrected chi connectivity index (χ0v) is 7.76. The summed E-state index contributed by atoms with van der Waals surface area (Å²) in [5, 5.41) is 9.18. The van der Waals surface area contributed by atoms with Crippen molar-refractivity contribution in [3.05, 3.63) is 21.2 Å². The van der Waals surface area contributed by atoms with Crippen LogP contribution in [0, 0.1) is 4.77 Å². The molecule has 1 heterocycles. The normalized spacial score (nSPS) is 10.2. The minimum absolute atomic E-state index is 0.102. The van der Waals surface area contributed by atoms with E-state index in [0.717, 1.165) is 6.07 Å². The van der Waals surface area contributed by atoms with Gasteiger partial charge in [0.2, 0.25) is 0 Å². The third-order valence-electron chi connectivity index (χ3n) is 1.70. The van der Waals surface area contributed by atoms with Crippen LogP contribution in [0.3, 0.4) is 0 Å². The maximum absolute atomic E-state index is 11.2. The smallest absolute Gasteiger partial charge is 0.258 e. The van der Waals surface area contributed by atoms with Gasteiger partial charge in [-0.25, -0.2) is 0 Å². The number of rotatable bonds is 1. The van der Waals surface area contributed by atoms with Crippen LogP contribution in [-0.4, -0.2) is 14.2 Å². The molecular weight excluding hydrogens is 176 g/mol. The number of nitrogens with zero attached hydrogens (tertiary/aromatic N) is 2. The molecule has 12 heavy (non-hydrogen) atoms. The molecule has 4 nitrogen and oxygen atoms in total. The number of aromatic nitrogens is 2. The van der Waals surface area contributed by atoms with Crippen molar-refractivity contribution >= 4 is 12.2 Å². The van der Waals surface area contributed by atoms with Crippen molar-refractivity contribution in [2.24, 2.45) is 7.05 Å². The van der Waals surface area contributed by atoms with Gasteiger partial charge in [0.15, 0.2) is 10.7 Å². The third kappa shape index (κ3) is 1.27. The summed E-state index contributed by atoms with van der Waals surface area (Å²) in [5.41, 5.74) is -0.266. The second kappa shape index (κ2) is 3.10. The summed E-state index contributed by atoms with van der Waals surface area (Å²) in [7, 11) is 1.61. The van der Waals surface area contributed by atoms with Crippen LogP contribution in [0.25, 0.3) is 0 Å². The zero-order valence-electron chi connectivity index (χ0n) is 6.94. The molecule has 0 fully saturated rings. The quantitative estimate of drug-likeness (QED) is 0.655. The summed E-state index contributed by atoms with van der Waals surface area (Å²) < 4.78 is 3.14. The van der Waals surface area contributed by atoms with Crippen LogP contribution >= 0.6 is 12.2 Å². The Morgan fingerprint density at radius 3 is 2.75 bits per heavy atom. The summed E-state index contributed by atoms with van der Waals surface area (Å²) in [6, 6.07) is 1.15. The SMILES string of the molecule is CCn1c(=O)cc(O)n(C)c1=S. The highest BCUT2D eigenvalue weighted by Crippen LogP contribution is 2.02. The Bertz CT molecular complexity index is 405. The van der Waals surface area contributed by atoms with E-state index < -0.39 is 0 Å². The minimum atomic E-state index is -0.266. The van der Waals surface area contributed by atoms with Crippen molar-refractivity contribution in [2.75, 3.05) is 0 Å². The second-order valence-electron chi connectivity index (χ2n) is 2.43. The Kier molecular flexibility index (Phi) is 2.32. The highest BCUT2D eigenvalue weighted by molar-refractivity contribution is 7.71. The predicted molar refractivity (Wildman–Crippen MR) is 47.8 cm³/mol. The lowest BCUT2D eigenvalue weighted by atomic mass is 10.5. The second-order valence-corrected chi connectivity index (χ2v) is 2.79. The van der Waals surface area contributed by atoms with Crippen LogP contribution in [0.4, 0.5) is 0 Å². The van der Waals surface area contributed by atoms with Gasteiger partial charge in [-0.1, -0.05) is 0 Å². The molecule has 0 saturated carbocycles. The van der Waals surface area contributed by atoms with E-state index in [9.17, 15) is 9.90 Å². The molecule has 0 aliphatic heterocycles. The van der Waals surface area contributed by atoms with E-state index in [1.807, 2.05) is 6.92 Å². The van der Waals surface area contributed by atoms with E-state index >= 15 is 0 Å². The first-order valence-corrected chi connectivity index (χ1v) is 3.98. The topological polar surface area (TPSA) is 47.2 Å². The molecule has 5 heteroatoms. The Hall–Kier alpha value is -1.10. The molecule has 0 unspecified atom stereocenters. The zero-order chi connectivity index (χ0) is 9.30.